The molecule has 2 atom stereocenters. The van der Waals surface area contributed by atoms with Gasteiger partial charge in [-0.1, -0.05) is 6.42 Å². The minimum absolute atomic E-state index is 0.117. The summed E-state index contributed by atoms with van der Waals surface area (Å²) in [5.74, 6) is 0. The summed E-state index contributed by atoms with van der Waals surface area (Å²) in [5.41, 5.74) is 0. The number of rotatable bonds is 5. The summed E-state index contributed by atoms with van der Waals surface area (Å²) in [5, 5.41) is 9.13. The quantitative estimate of drug-likeness (QED) is 0.687. The van der Waals surface area contributed by atoms with Gasteiger partial charge in [-0.05, 0) is 59.0 Å². The van der Waals surface area contributed by atoms with Crippen molar-refractivity contribution in [3.8, 4) is 0 Å². The molecule has 0 aliphatic carbocycles. The van der Waals surface area contributed by atoms with Crippen LogP contribution >= 0.6 is 0 Å². The molecule has 14 heavy (non-hydrogen) atoms. The highest BCUT2D eigenvalue weighted by atomic mass is 16.3. The van der Waals surface area contributed by atoms with Crippen molar-refractivity contribution in [3.63, 3.8) is 0 Å². The fourth-order valence-corrected chi connectivity index (χ4v) is 2.24. The van der Waals surface area contributed by atoms with Crippen molar-refractivity contribution in [1.29, 1.82) is 0 Å². The average molecular weight is 199 g/mol. The van der Waals surface area contributed by atoms with Crippen LogP contribution in [0.2, 0.25) is 0 Å². The Bertz CT molecular complexity index is 147. The van der Waals surface area contributed by atoms with Gasteiger partial charge in [-0.15, -0.1) is 0 Å². The number of hydrogen-bond donors (Lipinski definition) is 1. The van der Waals surface area contributed by atoms with E-state index in [2.05, 4.69) is 11.8 Å². The highest BCUT2D eigenvalue weighted by molar-refractivity contribution is 4.72. The summed E-state index contributed by atoms with van der Waals surface area (Å²) in [6, 6.07) is 0.787. The van der Waals surface area contributed by atoms with Crippen LogP contribution in [0.5, 0.6) is 0 Å². The van der Waals surface area contributed by atoms with Crippen LogP contribution in [0.4, 0.5) is 0 Å². The number of unbranched alkanes of at least 4 members (excludes halogenated alkanes) is 1. The molecule has 1 heterocycles. The van der Waals surface area contributed by atoms with Crippen molar-refractivity contribution in [1.82, 2.24) is 4.90 Å². The van der Waals surface area contributed by atoms with E-state index >= 15 is 0 Å². The minimum Gasteiger partial charge on any atom is -0.393 e. The molecular formula is C12H25NO. The third kappa shape index (κ3) is 4.43. The standard InChI is InChI=1S/C12H25NO/c1-11-7-3-5-9-13(11)10-6-4-8-12(2)14/h11-12,14H,3-10H2,1-2H3. The summed E-state index contributed by atoms with van der Waals surface area (Å²) in [6.07, 6.45) is 7.41. The molecule has 0 aromatic rings. The predicted molar refractivity (Wildman–Crippen MR) is 60.4 cm³/mol. The summed E-state index contributed by atoms with van der Waals surface area (Å²) >= 11 is 0. The topological polar surface area (TPSA) is 23.5 Å². The van der Waals surface area contributed by atoms with E-state index in [0.717, 1.165) is 12.5 Å². The van der Waals surface area contributed by atoms with Crippen LogP contribution in [0.3, 0.4) is 0 Å². The molecule has 0 spiro atoms. The van der Waals surface area contributed by atoms with Crippen molar-refractivity contribution in [2.45, 2.75) is 64.5 Å². The van der Waals surface area contributed by atoms with E-state index in [4.69, 9.17) is 5.11 Å². The average Bonchev–Trinajstić information content (AvgIpc) is 2.15. The maximum atomic E-state index is 9.13. The molecule has 1 rings (SSSR count). The number of aliphatic hydroxyl groups is 1. The highest BCUT2D eigenvalue weighted by Gasteiger charge is 2.16. The van der Waals surface area contributed by atoms with Gasteiger partial charge in [0.25, 0.3) is 0 Å². The molecule has 1 saturated heterocycles. The van der Waals surface area contributed by atoms with Gasteiger partial charge >= 0.3 is 0 Å². The van der Waals surface area contributed by atoms with Crippen LogP contribution in [0.25, 0.3) is 0 Å². The first-order valence-electron chi connectivity index (χ1n) is 6.12. The first-order valence-corrected chi connectivity index (χ1v) is 6.12. The lowest BCUT2D eigenvalue weighted by atomic mass is 10.0. The lowest BCUT2D eigenvalue weighted by Crippen LogP contribution is -2.38. The Kier molecular flexibility index (Phi) is 5.49. The molecule has 0 aromatic carbocycles. The van der Waals surface area contributed by atoms with E-state index in [9.17, 15) is 0 Å². The molecule has 2 heteroatoms. The summed E-state index contributed by atoms with van der Waals surface area (Å²) in [6.45, 7) is 6.74. The third-order valence-electron chi connectivity index (χ3n) is 3.26. The molecule has 1 aliphatic rings. The summed E-state index contributed by atoms with van der Waals surface area (Å²) in [7, 11) is 0. The lowest BCUT2D eigenvalue weighted by molar-refractivity contribution is 0.148. The maximum absolute atomic E-state index is 9.13. The molecule has 0 amide bonds. The molecule has 84 valence electrons. The molecule has 1 aliphatic heterocycles. The first-order chi connectivity index (χ1) is 6.70. The number of aliphatic hydroxyl groups excluding tert-OH is 1. The van der Waals surface area contributed by atoms with Gasteiger partial charge in [0.1, 0.15) is 0 Å². The number of nitrogens with zero attached hydrogens (tertiary/aromatic N) is 1. The number of piperidine rings is 1. The van der Waals surface area contributed by atoms with E-state index < -0.39 is 0 Å². The van der Waals surface area contributed by atoms with Crippen molar-refractivity contribution in [2.75, 3.05) is 13.1 Å². The fraction of sp³-hybridized carbons (Fsp3) is 1.00. The molecule has 0 bridgehead atoms. The van der Waals surface area contributed by atoms with Crippen molar-refractivity contribution >= 4 is 0 Å². The molecule has 0 radical (unpaired) electrons. The van der Waals surface area contributed by atoms with Crippen LogP contribution < -0.4 is 0 Å². The largest absolute Gasteiger partial charge is 0.393 e. The zero-order valence-electron chi connectivity index (χ0n) is 9.71. The maximum Gasteiger partial charge on any atom is 0.0512 e. The van der Waals surface area contributed by atoms with Gasteiger partial charge in [-0.2, -0.15) is 0 Å². The lowest BCUT2D eigenvalue weighted by Gasteiger charge is -2.33. The van der Waals surface area contributed by atoms with Crippen molar-refractivity contribution in [3.05, 3.63) is 0 Å². The third-order valence-corrected chi connectivity index (χ3v) is 3.26. The Labute approximate surface area is 88.3 Å². The SMILES string of the molecule is CC(O)CCCCN1CCCCC1C. The Morgan fingerprint density at radius 3 is 2.79 bits per heavy atom. The van der Waals surface area contributed by atoms with Crippen molar-refractivity contribution in [2.24, 2.45) is 0 Å². The van der Waals surface area contributed by atoms with E-state index in [1.54, 1.807) is 0 Å². The van der Waals surface area contributed by atoms with E-state index in [-0.39, 0.29) is 6.10 Å². The van der Waals surface area contributed by atoms with Gasteiger partial charge < -0.3 is 10.0 Å². The number of hydrogen-bond acceptors (Lipinski definition) is 2. The van der Waals surface area contributed by atoms with Crippen LogP contribution in [0.15, 0.2) is 0 Å². The second kappa shape index (κ2) is 6.41. The Hall–Kier alpha value is -0.0800. The minimum atomic E-state index is -0.117. The second-order valence-electron chi connectivity index (χ2n) is 4.73. The molecule has 2 nitrogen and oxygen atoms in total. The van der Waals surface area contributed by atoms with Gasteiger partial charge in [-0.3, -0.25) is 0 Å². The second-order valence-corrected chi connectivity index (χ2v) is 4.73. The zero-order chi connectivity index (χ0) is 10.4. The van der Waals surface area contributed by atoms with Crippen LogP contribution in [-0.2, 0) is 0 Å². The molecule has 2 unspecified atom stereocenters. The van der Waals surface area contributed by atoms with E-state index in [0.29, 0.717) is 0 Å². The van der Waals surface area contributed by atoms with Crippen LogP contribution in [0, 0.1) is 0 Å². The van der Waals surface area contributed by atoms with Crippen LogP contribution in [-0.4, -0.2) is 35.2 Å². The Morgan fingerprint density at radius 1 is 1.36 bits per heavy atom. The Morgan fingerprint density at radius 2 is 2.14 bits per heavy atom. The highest BCUT2D eigenvalue weighted by Crippen LogP contribution is 2.17. The first kappa shape index (κ1) is 12.0. The van der Waals surface area contributed by atoms with Crippen molar-refractivity contribution < 1.29 is 5.11 Å². The fourth-order valence-electron chi connectivity index (χ4n) is 2.24. The van der Waals surface area contributed by atoms with E-state index in [1.807, 2.05) is 6.92 Å². The molecule has 1 fully saturated rings. The molecule has 0 aromatic heterocycles. The summed E-state index contributed by atoms with van der Waals surface area (Å²) < 4.78 is 0. The molecular weight excluding hydrogens is 174 g/mol. The van der Waals surface area contributed by atoms with E-state index in [1.165, 1.54) is 45.2 Å². The molecule has 0 saturated carbocycles. The monoisotopic (exact) mass is 199 g/mol. The summed E-state index contributed by atoms with van der Waals surface area (Å²) in [4.78, 5) is 2.60. The molecule has 1 N–H and O–H groups in total. The normalized spacial score (nSPS) is 26.4. The predicted octanol–water partition coefficient (Wildman–Crippen LogP) is 2.41. The van der Waals surface area contributed by atoms with Gasteiger partial charge in [-0.25, -0.2) is 0 Å². The smallest absolute Gasteiger partial charge is 0.0512 e. The van der Waals surface area contributed by atoms with Gasteiger partial charge in [0, 0.05) is 6.04 Å². The van der Waals surface area contributed by atoms with Gasteiger partial charge in [0.2, 0.25) is 0 Å². The van der Waals surface area contributed by atoms with Gasteiger partial charge in [0.05, 0.1) is 6.10 Å². The zero-order valence-corrected chi connectivity index (χ0v) is 9.71. The Balaban J connectivity index is 2.04. The number of likely N-dealkylation sites (tertiary alicyclic amines) is 1. The van der Waals surface area contributed by atoms with Gasteiger partial charge in [0.15, 0.2) is 0 Å². The van der Waals surface area contributed by atoms with Crippen LogP contribution in [0.1, 0.15) is 52.4 Å².